The highest BCUT2D eigenvalue weighted by atomic mass is 16.5. The molecule has 1 N–H and O–H groups in total. The number of carbonyl (C=O) groups excluding carboxylic acids is 2. The second kappa shape index (κ2) is 5.13. The summed E-state index contributed by atoms with van der Waals surface area (Å²) in [7, 11) is 0. The third kappa shape index (κ3) is 2.77. The molecule has 0 spiro atoms. The number of carbonyl (C=O) groups is 2. The molecule has 1 unspecified atom stereocenters. The zero-order valence-electron chi connectivity index (χ0n) is 12.4. The Morgan fingerprint density at radius 2 is 2.19 bits per heavy atom. The topological polar surface area (TPSA) is 88.3 Å². The average molecular weight is 292 g/mol. The molecule has 7 nitrogen and oxygen atoms in total. The minimum atomic E-state index is -0.749. The third-order valence-corrected chi connectivity index (χ3v) is 4.31. The van der Waals surface area contributed by atoms with E-state index in [1.165, 1.54) is 0 Å². The van der Waals surface area contributed by atoms with Gasteiger partial charge in [-0.05, 0) is 25.7 Å². The molecular weight excluding hydrogens is 272 g/mol. The third-order valence-electron chi connectivity index (χ3n) is 4.31. The van der Waals surface area contributed by atoms with Gasteiger partial charge < -0.3 is 14.7 Å². The predicted molar refractivity (Wildman–Crippen MR) is 73.2 cm³/mol. The zero-order chi connectivity index (χ0) is 15.0. The second-order valence-electron chi connectivity index (χ2n) is 6.05. The fourth-order valence-corrected chi connectivity index (χ4v) is 2.90. The second-order valence-corrected chi connectivity index (χ2v) is 6.05. The molecule has 0 radical (unpaired) electrons. The molecule has 0 bridgehead atoms. The van der Waals surface area contributed by atoms with Crippen molar-refractivity contribution in [2.24, 2.45) is 5.92 Å². The summed E-state index contributed by atoms with van der Waals surface area (Å²) in [5.74, 6) is 1.34. The first-order valence-electron chi connectivity index (χ1n) is 7.38. The van der Waals surface area contributed by atoms with E-state index in [1.54, 1.807) is 11.8 Å². The summed E-state index contributed by atoms with van der Waals surface area (Å²) in [5, 5.41) is 6.76. The average Bonchev–Trinajstić information content (AvgIpc) is 3.22. The van der Waals surface area contributed by atoms with Crippen molar-refractivity contribution in [1.29, 1.82) is 0 Å². The van der Waals surface area contributed by atoms with Gasteiger partial charge in [0.2, 0.25) is 17.7 Å². The standard InChI is InChI=1S/C14H20N4O3/c1-9-15-11(17-21-9)5-7-18-8-6-12(19)16-14(2,13(18)20)10-3-4-10/h10H,3-8H2,1-2H3,(H,16,19). The van der Waals surface area contributed by atoms with E-state index < -0.39 is 5.54 Å². The van der Waals surface area contributed by atoms with Crippen LogP contribution in [0.1, 0.15) is 37.9 Å². The molecule has 0 aromatic carbocycles. The normalized spacial score (nSPS) is 26.7. The fraction of sp³-hybridized carbons (Fsp3) is 0.714. The summed E-state index contributed by atoms with van der Waals surface area (Å²) < 4.78 is 4.93. The Bertz CT molecular complexity index is 566. The Hall–Kier alpha value is -1.92. The van der Waals surface area contributed by atoms with Gasteiger partial charge in [-0.25, -0.2) is 0 Å². The van der Waals surface area contributed by atoms with Gasteiger partial charge in [-0.2, -0.15) is 4.98 Å². The van der Waals surface area contributed by atoms with E-state index in [-0.39, 0.29) is 17.7 Å². The maximum Gasteiger partial charge on any atom is 0.248 e. The summed E-state index contributed by atoms with van der Waals surface area (Å²) in [4.78, 5) is 30.5. The number of nitrogens with zero attached hydrogens (tertiary/aromatic N) is 3. The molecule has 2 heterocycles. The monoisotopic (exact) mass is 292 g/mol. The number of aryl methyl sites for hydroxylation is 1. The minimum absolute atomic E-state index is 0.0102. The number of aromatic nitrogens is 2. The molecule has 1 saturated carbocycles. The lowest BCUT2D eigenvalue weighted by atomic mass is 9.94. The molecular formula is C14H20N4O3. The highest BCUT2D eigenvalue weighted by molar-refractivity contribution is 5.93. The maximum absolute atomic E-state index is 12.8. The largest absolute Gasteiger partial charge is 0.342 e. The molecule has 1 aromatic rings. The van der Waals surface area contributed by atoms with E-state index in [9.17, 15) is 9.59 Å². The van der Waals surface area contributed by atoms with Crippen LogP contribution in [0, 0.1) is 12.8 Å². The zero-order valence-corrected chi connectivity index (χ0v) is 12.4. The Balaban J connectivity index is 1.71. The smallest absolute Gasteiger partial charge is 0.248 e. The van der Waals surface area contributed by atoms with Crippen LogP contribution in [0.5, 0.6) is 0 Å². The molecule has 1 saturated heterocycles. The van der Waals surface area contributed by atoms with Gasteiger partial charge in [-0.3, -0.25) is 9.59 Å². The maximum atomic E-state index is 12.8. The SMILES string of the molecule is Cc1nc(CCN2CCC(=O)NC(C)(C3CC3)C2=O)no1. The van der Waals surface area contributed by atoms with E-state index in [0.717, 1.165) is 12.8 Å². The Labute approximate surface area is 123 Å². The highest BCUT2D eigenvalue weighted by Crippen LogP contribution is 2.41. The molecule has 1 aromatic heterocycles. The van der Waals surface area contributed by atoms with E-state index in [0.29, 0.717) is 37.6 Å². The molecule has 1 aliphatic carbocycles. The number of amides is 2. The van der Waals surface area contributed by atoms with Crippen LogP contribution < -0.4 is 5.32 Å². The number of rotatable bonds is 4. The molecule has 21 heavy (non-hydrogen) atoms. The lowest BCUT2D eigenvalue weighted by Gasteiger charge is -2.32. The van der Waals surface area contributed by atoms with Crippen molar-refractivity contribution >= 4 is 11.8 Å². The van der Waals surface area contributed by atoms with Crippen molar-refractivity contribution in [1.82, 2.24) is 20.4 Å². The minimum Gasteiger partial charge on any atom is -0.342 e. The van der Waals surface area contributed by atoms with Crippen LogP contribution in [0.2, 0.25) is 0 Å². The summed E-state index contributed by atoms with van der Waals surface area (Å²) in [6.07, 6.45) is 2.89. The predicted octanol–water partition coefficient (Wildman–Crippen LogP) is 0.438. The summed E-state index contributed by atoms with van der Waals surface area (Å²) >= 11 is 0. The Morgan fingerprint density at radius 3 is 2.81 bits per heavy atom. The van der Waals surface area contributed by atoms with Crippen molar-refractivity contribution in [2.75, 3.05) is 13.1 Å². The highest BCUT2D eigenvalue weighted by Gasteiger charge is 2.50. The molecule has 1 aliphatic heterocycles. The van der Waals surface area contributed by atoms with Crippen molar-refractivity contribution in [3.8, 4) is 0 Å². The van der Waals surface area contributed by atoms with Gasteiger partial charge in [0, 0.05) is 32.9 Å². The number of hydrogen-bond donors (Lipinski definition) is 1. The van der Waals surface area contributed by atoms with Crippen molar-refractivity contribution in [3.63, 3.8) is 0 Å². The molecule has 7 heteroatoms. The summed E-state index contributed by atoms with van der Waals surface area (Å²) in [5.41, 5.74) is -0.749. The van der Waals surface area contributed by atoms with Gasteiger partial charge in [-0.1, -0.05) is 5.16 Å². The van der Waals surface area contributed by atoms with Crippen LogP contribution in [-0.4, -0.2) is 45.5 Å². The van der Waals surface area contributed by atoms with Crippen molar-refractivity contribution in [2.45, 2.75) is 45.1 Å². The van der Waals surface area contributed by atoms with Gasteiger partial charge in [-0.15, -0.1) is 0 Å². The summed E-state index contributed by atoms with van der Waals surface area (Å²) in [6, 6.07) is 0. The van der Waals surface area contributed by atoms with Crippen LogP contribution in [0.3, 0.4) is 0 Å². The molecule has 3 rings (SSSR count). The van der Waals surface area contributed by atoms with Crippen LogP contribution in [0.25, 0.3) is 0 Å². The summed E-state index contributed by atoms with van der Waals surface area (Å²) in [6.45, 7) is 4.54. The first kappa shape index (κ1) is 14.0. The van der Waals surface area contributed by atoms with Crippen LogP contribution in [-0.2, 0) is 16.0 Å². The molecule has 2 amide bonds. The fourth-order valence-electron chi connectivity index (χ4n) is 2.90. The van der Waals surface area contributed by atoms with E-state index in [2.05, 4.69) is 15.5 Å². The van der Waals surface area contributed by atoms with E-state index in [1.807, 2.05) is 6.92 Å². The first-order chi connectivity index (χ1) is 9.99. The lowest BCUT2D eigenvalue weighted by molar-refractivity contribution is -0.139. The lowest BCUT2D eigenvalue weighted by Crippen LogP contribution is -2.57. The van der Waals surface area contributed by atoms with Crippen molar-refractivity contribution in [3.05, 3.63) is 11.7 Å². The number of nitrogens with one attached hydrogen (secondary N) is 1. The van der Waals surface area contributed by atoms with Gasteiger partial charge in [0.25, 0.3) is 0 Å². The van der Waals surface area contributed by atoms with Crippen molar-refractivity contribution < 1.29 is 14.1 Å². The molecule has 1 atom stereocenters. The quantitative estimate of drug-likeness (QED) is 0.870. The van der Waals surface area contributed by atoms with Gasteiger partial charge in [0.05, 0.1) is 0 Å². The van der Waals surface area contributed by atoms with Gasteiger partial charge >= 0.3 is 0 Å². The van der Waals surface area contributed by atoms with E-state index in [4.69, 9.17) is 4.52 Å². The van der Waals surface area contributed by atoms with Crippen LogP contribution >= 0.6 is 0 Å². The molecule has 2 aliphatic rings. The van der Waals surface area contributed by atoms with Gasteiger partial charge in [0.1, 0.15) is 5.54 Å². The van der Waals surface area contributed by atoms with Gasteiger partial charge in [0.15, 0.2) is 5.82 Å². The molecule has 2 fully saturated rings. The van der Waals surface area contributed by atoms with E-state index >= 15 is 0 Å². The Morgan fingerprint density at radius 1 is 1.43 bits per heavy atom. The van der Waals surface area contributed by atoms with Crippen LogP contribution in [0.4, 0.5) is 0 Å². The Kier molecular flexibility index (Phi) is 3.43. The molecule has 114 valence electrons. The first-order valence-corrected chi connectivity index (χ1v) is 7.38. The van der Waals surface area contributed by atoms with Crippen LogP contribution in [0.15, 0.2) is 4.52 Å². The number of hydrogen-bond acceptors (Lipinski definition) is 5.